The molecule has 3 aromatic carbocycles. The molecular weight excluding hydrogens is 372 g/mol. The van der Waals surface area contributed by atoms with E-state index in [1.165, 1.54) is 11.1 Å². The first kappa shape index (κ1) is 21.3. The number of amides is 1. The second kappa shape index (κ2) is 10.9. The maximum absolute atomic E-state index is 12.5. The van der Waals surface area contributed by atoms with E-state index in [9.17, 15) is 4.79 Å². The molecule has 3 rings (SSSR count). The van der Waals surface area contributed by atoms with E-state index >= 15 is 0 Å². The molecule has 0 heterocycles. The van der Waals surface area contributed by atoms with Crippen LogP contribution in [0, 0.1) is 0 Å². The number of carbonyl (C=O) groups excluding carboxylic acids is 1. The number of rotatable bonds is 9. The van der Waals surface area contributed by atoms with Crippen LogP contribution >= 0.6 is 0 Å². The number of nitrogens with one attached hydrogen (secondary N) is 1. The van der Waals surface area contributed by atoms with Crippen LogP contribution in [0.25, 0.3) is 0 Å². The number of anilines is 1. The predicted octanol–water partition coefficient (Wildman–Crippen LogP) is 3.91. The van der Waals surface area contributed by atoms with Gasteiger partial charge in [0.25, 0.3) is 5.91 Å². The first-order chi connectivity index (χ1) is 14.6. The summed E-state index contributed by atoms with van der Waals surface area (Å²) in [6.45, 7) is 1.65. The van der Waals surface area contributed by atoms with Gasteiger partial charge in [0.15, 0.2) is 0 Å². The number of carbonyl (C=O) groups is 1. The molecule has 0 saturated heterocycles. The van der Waals surface area contributed by atoms with Crippen molar-refractivity contribution < 1.29 is 4.79 Å². The molecule has 0 fully saturated rings. The van der Waals surface area contributed by atoms with E-state index in [0.717, 1.165) is 11.3 Å². The van der Waals surface area contributed by atoms with Gasteiger partial charge in [0.1, 0.15) is 0 Å². The van der Waals surface area contributed by atoms with Gasteiger partial charge in [-0.15, -0.1) is 0 Å². The minimum Gasteiger partial charge on any atom is -0.378 e. The molecule has 0 aliphatic carbocycles. The summed E-state index contributed by atoms with van der Waals surface area (Å²) in [6.07, 6.45) is 1.66. The van der Waals surface area contributed by atoms with Gasteiger partial charge in [0.05, 0.1) is 12.8 Å². The first-order valence-corrected chi connectivity index (χ1v) is 9.99. The van der Waals surface area contributed by atoms with Crippen LogP contribution in [0.4, 0.5) is 5.69 Å². The zero-order valence-electron chi connectivity index (χ0n) is 17.5. The van der Waals surface area contributed by atoms with E-state index < -0.39 is 0 Å². The van der Waals surface area contributed by atoms with E-state index in [4.69, 9.17) is 0 Å². The van der Waals surface area contributed by atoms with Crippen molar-refractivity contribution in [3.05, 3.63) is 102 Å². The summed E-state index contributed by atoms with van der Waals surface area (Å²) in [6, 6.07) is 28.3. The van der Waals surface area contributed by atoms with Gasteiger partial charge in [-0.1, -0.05) is 72.8 Å². The lowest BCUT2D eigenvalue weighted by Crippen LogP contribution is -2.34. The van der Waals surface area contributed by atoms with Crippen molar-refractivity contribution in [1.82, 2.24) is 10.3 Å². The zero-order valence-corrected chi connectivity index (χ0v) is 17.5. The normalized spacial score (nSPS) is 11.0. The van der Waals surface area contributed by atoms with Gasteiger partial charge in [-0.05, 0) is 28.8 Å². The van der Waals surface area contributed by atoms with E-state index in [2.05, 4.69) is 39.7 Å². The molecule has 5 nitrogen and oxygen atoms in total. The fourth-order valence-electron chi connectivity index (χ4n) is 3.13. The smallest absolute Gasteiger partial charge is 0.254 e. The second-order valence-electron chi connectivity index (χ2n) is 7.40. The minimum absolute atomic E-state index is 0.136. The van der Waals surface area contributed by atoms with Gasteiger partial charge >= 0.3 is 0 Å². The van der Waals surface area contributed by atoms with Crippen LogP contribution in [0.5, 0.6) is 0 Å². The van der Waals surface area contributed by atoms with Gasteiger partial charge in [0, 0.05) is 32.9 Å². The van der Waals surface area contributed by atoms with Crippen molar-refractivity contribution in [2.45, 2.75) is 13.1 Å². The molecule has 30 heavy (non-hydrogen) atoms. The van der Waals surface area contributed by atoms with E-state index in [1.807, 2.05) is 79.7 Å². The van der Waals surface area contributed by atoms with Gasteiger partial charge in [-0.3, -0.25) is 9.69 Å². The van der Waals surface area contributed by atoms with Crippen LogP contribution in [-0.2, 0) is 17.9 Å². The van der Waals surface area contributed by atoms with Gasteiger partial charge in [0.2, 0.25) is 0 Å². The largest absolute Gasteiger partial charge is 0.378 e. The molecule has 0 aliphatic rings. The molecule has 3 aromatic rings. The number of hydrogen-bond donors (Lipinski definition) is 1. The third-order valence-corrected chi connectivity index (χ3v) is 4.68. The maximum atomic E-state index is 12.5. The number of hydrogen-bond acceptors (Lipinski definition) is 4. The van der Waals surface area contributed by atoms with Gasteiger partial charge in [-0.25, -0.2) is 5.43 Å². The van der Waals surface area contributed by atoms with Crippen molar-refractivity contribution >= 4 is 17.8 Å². The molecule has 0 bridgehead atoms. The van der Waals surface area contributed by atoms with Gasteiger partial charge in [-0.2, -0.15) is 5.10 Å². The van der Waals surface area contributed by atoms with Crippen LogP contribution in [-0.4, -0.2) is 37.7 Å². The van der Waals surface area contributed by atoms with Crippen LogP contribution < -0.4 is 10.3 Å². The highest BCUT2D eigenvalue weighted by molar-refractivity contribution is 5.83. The Hall–Kier alpha value is -3.44. The average Bonchev–Trinajstić information content (AvgIpc) is 2.75. The number of hydrazone groups is 1. The Balaban J connectivity index is 1.59. The SMILES string of the molecule is CN(C)c1ccc(/C=N\NC(=O)CN(Cc2ccccc2)Cc2ccccc2)cc1. The molecule has 0 aromatic heterocycles. The number of benzene rings is 3. The molecule has 0 atom stereocenters. The molecule has 0 radical (unpaired) electrons. The highest BCUT2D eigenvalue weighted by Crippen LogP contribution is 2.11. The monoisotopic (exact) mass is 400 g/mol. The van der Waals surface area contributed by atoms with Crippen molar-refractivity contribution in [3.8, 4) is 0 Å². The molecular formula is C25H28N4O. The Labute approximate surface area is 178 Å². The Bertz CT molecular complexity index is 896. The predicted molar refractivity (Wildman–Crippen MR) is 124 cm³/mol. The fraction of sp³-hybridized carbons (Fsp3) is 0.200. The third kappa shape index (κ3) is 6.87. The lowest BCUT2D eigenvalue weighted by atomic mass is 10.1. The van der Waals surface area contributed by atoms with Crippen molar-refractivity contribution in [1.29, 1.82) is 0 Å². The molecule has 1 N–H and O–H groups in total. The molecule has 154 valence electrons. The first-order valence-electron chi connectivity index (χ1n) is 9.99. The second-order valence-corrected chi connectivity index (χ2v) is 7.40. The quantitative estimate of drug-likeness (QED) is 0.438. The summed E-state index contributed by atoms with van der Waals surface area (Å²) in [5.74, 6) is -0.136. The van der Waals surface area contributed by atoms with Crippen molar-refractivity contribution in [2.75, 3.05) is 25.5 Å². The Morgan fingerprint density at radius 1 is 0.833 bits per heavy atom. The fourth-order valence-corrected chi connectivity index (χ4v) is 3.13. The summed E-state index contributed by atoms with van der Waals surface area (Å²) in [5, 5.41) is 4.12. The maximum Gasteiger partial charge on any atom is 0.254 e. The number of nitrogens with zero attached hydrogens (tertiary/aromatic N) is 3. The van der Waals surface area contributed by atoms with Crippen LogP contribution in [0.2, 0.25) is 0 Å². The highest BCUT2D eigenvalue weighted by Gasteiger charge is 2.12. The topological polar surface area (TPSA) is 47.9 Å². The van der Waals surface area contributed by atoms with Crippen LogP contribution in [0.15, 0.2) is 90.0 Å². The summed E-state index contributed by atoms with van der Waals surface area (Å²) >= 11 is 0. The van der Waals surface area contributed by atoms with Crippen molar-refractivity contribution in [2.24, 2.45) is 5.10 Å². The Morgan fingerprint density at radius 2 is 1.37 bits per heavy atom. The standard InChI is InChI=1S/C25H28N4O/c1-28(2)24-15-13-21(14-16-24)17-26-27-25(30)20-29(18-22-9-5-3-6-10-22)19-23-11-7-4-8-12-23/h3-17H,18-20H2,1-2H3,(H,27,30)/b26-17-. The molecule has 0 aliphatic heterocycles. The molecule has 0 unspecified atom stereocenters. The van der Waals surface area contributed by atoms with Crippen molar-refractivity contribution in [3.63, 3.8) is 0 Å². The molecule has 5 heteroatoms. The van der Waals surface area contributed by atoms with E-state index in [0.29, 0.717) is 13.1 Å². The Kier molecular flexibility index (Phi) is 7.75. The lowest BCUT2D eigenvalue weighted by molar-refractivity contribution is -0.122. The zero-order chi connectivity index (χ0) is 21.2. The summed E-state index contributed by atoms with van der Waals surface area (Å²) in [4.78, 5) is 16.6. The molecule has 0 spiro atoms. The molecule has 1 amide bonds. The highest BCUT2D eigenvalue weighted by atomic mass is 16.2. The van der Waals surface area contributed by atoms with Crippen LogP contribution in [0.1, 0.15) is 16.7 Å². The summed E-state index contributed by atoms with van der Waals surface area (Å²) in [5.41, 5.74) is 7.05. The lowest BCUT2D eigenvalue weighted by Gasteiger charge is -2.21. The summed E-state index contributed by atoms with van der Waals surface area (Å²) < 4.78 is 0. The van der Waals surface area contributed by atoms with Gasteiger partial charge < -0.3 is 4.90 Å². The Morgan fingerprint density at radius 3 is 1.87 bits per heavy atom. The van der Waals surface area contributed by atoms with E-state index in [-0.39, 0.29) is 12.5 Å². The average molecular weight is 401 g/mol. The third-order valence-electron chi connectivity index (χ3n) is 4.68. The minimum atomic E-state index is -0.136. The molecule has 0 saturated carbocycles. The van der Waals surface area contributed by atoms with E-state index in [1.54, 1.807) is 6.21 Å². The summed E-state index contributed by atoms with van der Waals surface area (Å²) in [7, 11) is 4.00. The van der Waals surface area contributed by atoms with Crippen LogP contribution in [0.3, 0.4) is 0 Å².